The molecule has 1 aromatic carbocycles. The minimum absolute atomic E-state index is 0.535. The van der Waals surface area contributed by atoms with Crippen LogP contribution in [0.25, 0.3) is 0 Å². The predicted octanol–water partition coefficient (Wildman–Crippen LogP) is 3.53. The van der Waals surface area contributed by atoms with Crippen LogP contribution in [0, 0.1) is 0 Å². The number of rotatable bonds is 3. The number of aromatic nitrogens is 1. The first-order valence-electron chi connectivity index (χ1n) is 5.27. The van der Waals surface area contributed by atoms with E-state index in [9.17, 15) is 0 Å². The highest BCUT2D eigenvalue weighted by Gasteiger charge is 2.04. The van der Waals surface area contributed by atoms with Crippen LogP contribution in [0.5, 0.6) is 5.88 Å². The van der Waals surface area contributed by atoms with Gasteiger partial charge in [0.1, 0.15) is 10.7 Å². The normalized spacial score (nSPS) is 9.89. The highest BCUT2D eigenvalue weighted by molar-refractivity contribution is 7.81. The summed E-state index contributed by atoms with van der Waals surface area (Å²) in [7, 11) is 1.57. The molecular weight excluding hydrogens is 268 g/mol. The van der Waals surface area contributed by atoms with Gasteiger partial charge in [0.15, 0.2) is 0 Å². The van der Waals surface area contributed by atoms with Crippen molar-refractivity contribution in [1.82, 2.24) is 4.98 Å². The smallest absolute Gasteiger partial charge is 0.213 e. The minimum atomic E-state index is 0.535. The Balaban J connectivity index is 2.14. The Morgan fingerprint density at radius 3 is 2.61 bits per heavy atom. The van der Waals surface area contributed by atoms with Crippen molar-refractivity contribution >= 4 is 34.5 Å². The molecule has 1 aromatic heterocycles. The third-order valence-corrected chi connectivity index (χ3v) is 2.83. The van der Waals surface area contributed by atoms with Crippen molar-refractivity contribution in [3.63, 3.8) is 0 Å². The summed E-state index contributed by atoms with van der Waals surface area (Å²) in [6.07, 6.45) is 0. The Labute approximate surface area is 116 Å². The van der Waals surface area contributed by atoms with E-state index >= 15 is 0 Å². The molecule has 5 heteroatoms. The van der Waals surface area contributed by atoms with Gasteiger partial charge in [-0.3, -0.25) is 0 Å². The molecule has 0 saturated carbocycles. The zero-order valence-electron chi connectivity index (χ0n) is 9.68. The number of methoxy groups -OCH3 is 1. The van der Waals surface area contributed by atoms with Crippen LogP contribution in [-0.2, 0) is 0 Å². The highest BCUT2D eigenvalue weighted by Crippen LogP contribution is 2.15. The molecule has 1 heterocycles. The monoisotopic (exact) mass is 278 g/mol. The van der Waals surface area contributed by atoms with Gasteiger partial charge in [-0.05, 0) is 30.3 Å². The fourth-order valence-corrected chi connectivity index (χ4v) is 1.74. The SMILES string of the molecule is COc1cccc(C(=S)Nc2ccc(Cl)cc2)n1. The molecule has 0 unspecified atom stereocenters. The minimum Gasteiger partial charge on any atom is -0.481 e. The molecule has 3 nitrogen and oxygen atoms in total. The topological polar surface area (TPSA) is 34.1 Å². The average Bonchev–Trinajstić information content (AvgIpc) is 2.41. The quantitative estimate of drug-likeness (QED) is 0.871. The standard InChI is InChI=1S/C13H11ClN2OS/c1-17-12-4-2-3-11(16-12)13(18)15-10-7-5-9(14)6-8-10/h2-8H,1H3,(H,15,18). The summed E-state index contributed by atoms with van der Waals surface area (Å²) >= 11 is 11.1. The Bertz CT molecular complexity index is 557. The van der Waals surface area contributed by atoms with Crippen molar-refractivity contribution in [3.05, 3.63) is 53.2 Å². The number of ether oxygens (including phenoxy) is 1. The molecule has 2 aromatic rings. The van der Waals surface area contributed by atoms with Crippen LogP contribution in [0.1, 0.15) is 5.69 Å². The molecule has 0 aliphatic rings. The van der Waals surface area contributed by atoms with Crippen LogP contribution in [0.4, 0.5) is 5.69 Å². The molecule has 0 amide bonds. The number of anilines is 1. The van der Waals surface area contributed by atoms with Crippen LogP contribution in [0.2, 0.25) is 5.02 Å². The molecule has 0 atom stereocenters. The number of nitrogens with one attached hydrogen (secondary N) is 1. The Morgan fingerprint density at radius 2 is 1.94 bits per heavy atom. The summed E-state index contributed by atoms with van der Waals surface area (Å²) < 4.78 is 5.05. The van der Waals surface area contributed by atoms with Gasteiger partial charge in [0.2, 0.25) is 5.88 Å². The fraction of sp³-hybridized carbons (Fsp3) is 0.0769. The number of benzene rings is 1. The third kappa shape index (κ3) is 3.18. The Hall–Kier alpha value is -1.65. The van der Waals surface area contributed by atoms with Crippen LogP contribution in [0.3, 0.4) is 0 Å². The van der Waals surface area contributed by atoms with Gasteiger partial charge in [-0.15, -0.1) is 0 Å². The van der Waals surface area contributed by atoms with Crippen molar-refractivity contribution in [3.8, 4) is 5.88 Å². The summed E-state index contributed by atoms with van der Waals surface area (Å²) in [6.45, 7) is 0. The number of halogens is 1. The molecule has 1 N–H and O–H groups in total. The van der Waals surface area contributed by atoms with E-state index in [2.05, 4.69) is 10.3 Å². The number of hydrogen-bond donors (Lipinski definition) is 1. The van der Waals surface area contributed by atoms with Crippen molar-refractivity contribution in [2.45, 2.75) is 0 Å². The van der Waals surface area contributed by atoms with E-state index in [1.165, 1.54) is 0 Å². The van der Waals surface area contributed by atoms with Gasteiger partial charge in [0.25, 0.3) is 0 Å². The number of hydrogen-bond acceptors (Lipinski definition) is 3. The number of pyridine rings is 1. The largest absolute Gasteiger partial charge is 0.481 e. The first-order valence-corrected chi connectivity index (χ1v) is 6.05. The summed E-state index contributed by atoms with van der Waals surface area (Å²) in [4.78, 5) is 4.79. The van der Waals surface area contributed by atoms with E-state index in [0.717, 1.165) is 5.69 Å². The molecule has 2 rings (SSSR count). The lowest BCUT2D eigenvalue weighted by atomic mass is 10.3. The Kier molecular flexibility index (Phi) is 4.12. The van der Waals surface area contributed by atoms with Crippen LogP contribution in [-0.4, -0.2) is 17.1 Å². The maximum atomic E-state index is 5.82. The lowest BCUT2D eigenvalue weighted by Crippen LogP contribution is -2.12. The van der Waals surface area contributed by atoms with Crippen LogP contribution in [0.15, 0.2) is 42.5 Å². The molecule has 92 valence electrons. The van der Waals surface area contributed by atoms with Gasteiger partial charge < -0.3 is 10.1 Å². The maximum absolute atomic E-state index is 5.82. The highest BCUT2D eigenvalue weighted by atomic mass is 35.5. The van der Waals surface area contributed by atoms with Gasteiger partial charge in [-0.2, -0.15) is 0 Å². The van der Waals surface area contributed by atoms with E-state index < -0.39 is 0 Å². The van der Waals surface area contributed by atoms with Crippen molar-refractivity contribution in [2.24, 2.45) is 0 Å². The lowest BCUT2D eigenvalue weighted by Gasteiger charge is -2.08. The summed E-state index contributed by atoms with van der Waals surface area (Å²) in [6, 6.07) is 12.7. The van der Waals surface area contributed by atoms with E-state index in [0.29, 0.717) is 21.6 Å². The molecule has 0 fully saturated rings. The van der Waals surface area contributed by atoms with E-state index in [4.69, 9.17) is 28.6 Å². The van der Waals surface area contributed by atoms with Gasteiger partial charge in [0, 0.05) is 16.8 Å². The zero-order valence-corrected chi connectivity index (χ0v) is 11.3. The lowest BCUT2D eigenvalue weighted by molar-refractivity contribution is 0.397. The second-order valence-electron chi connectivity index (χ2n) is 3.53. The molecule has 0 saturated heterocycles. The van der Waals surface area contributed by atoms with E-state index in [1.54, 1.807) is 25.3 Å². The second-order valence-corrected chi connectivity index (χ2v) is 4.37. The van der Waals surface area contributed by atoms with Crippen molar-refractivity contribution in [1.29, 1.82) is 0 Å². The van der Waals surface area contributed by atoms with Crippen LogP contribution < -0.4 is 10.1 Å². The fourth-order valence-electron chi connectivity index (χ4n) is 1.38. The van der Waals surface area contributed by atoms with E-state index in [1.807, 2.05) is 24.3 Å². The first kappa shape index (κ1) is 12.8. The van der Waals surface area contributed by atoms with Crippen LogP contribution >= 0.6 is 23.8 Å². The molecule has 0 bridgehead atoms. The summed E-state index contributed by atoms with van der Waals surface area (Å²) in [5.41, 5.74) is 1.54. The summed E-state index contributed by atoms with van der Waals surface area (Å²) in [5.74, 6) is 0.535. The molecule has 0 radical (unpaired) electrons. The second kappa shape index (κ2) is 5.80. The number of thiocarbonyl (C=S) groups is 1. The zero-order chi connectivity index (χ0) is 13.0. The molecular formula is C13H11ClN2OS. The molecule has 0 aliphatic heterocycles. The maximum Gasteiger partial charge on any atom is 0.213 e. The van der Waals surface area contributed by atoms with Crippen molar-refractivity contribution < 1.29 is 4.74 Å². The molecule has 0 spiro atoms. The van der Waals surface area contributed by atoms with Gasteiger partial charge in [0.05, 0.1) is 7.11 Å². The third-order valence-electron chi connectivity index (χ3n) is 2.27. The first-order chi connectivity index (χ1) is 8.69. The Morgan fingerprint density at radius 1 is 1.22 bits per heavy atom. The summed E-state index contributed by atoms with van der Waals surface area (Å²) in [5, 5.41) is 3.78. The average molecular weight is 279 g/mol. The van der Waals surface area contributed by atoms with Crippen molar-refractivity contribution in [2.75, 3.05) is 12.4 Å². The predicted molar refractivity (Wildman–Crippen MR) is 77.6 cm³/mol. The molecule has 18 heavy (non-hydrogen) atoms. The number of nitrogens with zero attached hydrogens (tertiary/aromatic N) is 1. The molecule has 0 aliphatic carbocycles. The van der Waals surface area contributed by atoms with Gasteiger partial charge in [-0.1, -0.05) is 29.9 Å². The van der Waals surface area contributed by atoms with Gasteiger partial charge >= 0.3 is 0 Å². The van der Waals surface area contributed by atoms with E-state index in [-0.39, 0.29) is 0 Å². The van der Waals surface area contributed by atoms with Gasteiger partial charge in [-0.25, -0.2) is 4.98 Å².